The molecule has 0 bridgehead atoms. The fourth-order valence-electron chi connectivity index (χ4n) is 4.14. The van der Waals surface area contributed by atoms with Gasteiger partial charge in [-0.05, 0) is 32.4 Å². The third-order valence-corrected chi connectivity index (χ3v) is 5.37. The SMILES string of the molecule is O=C([C@H]1CCOC1)N1Cc2nccn2C[C@@H](CN2CCCC2)C1. The zero-order chi connectivity index (χ0) is 15.6. The molecule has 23 heavy (non-hydrogen) atoms. The van der Waals surface area contributed by atoms with Crippen molar-refractivity contribution in [1.82, 2.24) is 19.4 Å². The number of carbonyl (C=O) groups is 1. The number of fused-ring (bicyclic) bond motifs is 1. The highest BCUT2D eigenvalue weighted by atomic mass is 16.5. The van der Waals surface area contributed by atoms with Crippen molar-refractivity contribution in [3.8, 4) is 0 Å². The Morgan fingerprint density at radius 2 is 2.17 bits per heavy atom. The average Bonchev–Trinajstić information content (AvgIpc) is 3.28. The van der Waals surface area contributed by atoms with E-state index in [4.69, 9.17) is 4.74 Å². The van der Waals surface area contributed by atoms with E-state index < -0.39 is 0 Å². The number of hydrogen-bond acceptors (Lipinski definition) is 4. The fourth-order valence-corrected chi connectivity index (χ4v) is 4.14. The lowest BCUT2D eigenvalue weighted by atomic mass is 10.0. The molecule has 1 aromatic rings. The summed E-state index contributed by atoms with van der Waals surface area (Å²) in [6, 6.07) is 0. The molecule has 0 aromatic carbocycles. The van der Waals surface area contributed by atoms with E-state index >= 15 is 0 Å². The molecule has 0 unspecified atom stereocenters. The van der Waals surface area contributed by atoms with Crippen LogP contribution in [0.3, 0.4) is 0 Å². The van der Waals surface area contributed by atoms with Crippen molar-refractivity contribution in [3.63, 3.8) is 0 Å². The lowest BCUT2D eigenvalue weighted by Crippen LogP contribution is -2.41. The van der Waals surface area contributed by atoms with Gasteiger partial charge in [0.15, 0.2) is 0 Å². The number of aromatic nitrogens is 2. The number of rotatable bonds is 3. The largest absolute Gasteiger partial charge is 0.381 e. The molecule has 0 radical (unpaired) electrons. The van der Waals surface area contributed by atoms with E-state index in [0.717, 1.165) is 38.5 Å². The topological polar surface area (TPSA) is 50.6 Å². The number of hydrogen-bond donors (Lipinski definition) is 0. The minimum Gasteiger partial charge on any atom is -0.381 e. The van der Waals surface area contributed by atoms with Gasteiger partial charge in [0.05, 0.1) is 19.1 Å². The van der Waals surface area contributed by atoms with Gasteiger partial charge in [0.1, 0.15) is 5.82 Å². The number of likely N-dealkylation sites (tertiary alicyclic amines) is 1. The first-order chi connectivity index (χ1) is 11.3. The average molecular weight is 318 g/mol. The molecule has 4 heterocycles. The van der Waals surface area contributed by atoms with Crippen molar-refractivity contribution in [1.29, 1.82) is 0 Å². The van der Waals surface area contributed by atoms with E-state index in [1.807, 2.05) is 11.1 Å². The number of carbonyl (C=O) groups excluding carboxylic acids is 1. The van der Waals surface area contributed by atoms with Crippen LogP contribution in [0.4, 0.5) is 0 Å². The van der Waals surface area contributed by atoms with Gasteiger partial charge in [-0.1, -0.05) is 0 Å². The second-order valence-electron chi connectivity index (χ2n) is 7.15. The van der Waals surface area contributed by atoms with Gasteiger partial charge in [-0.25, -0.2) is 4.98 Å². The summed E-state index contributed by atoms with van der Waals surface area (Å²) in [5.74, 6) is 1.80. The molecule has 0 N–H and O–H groups in total. The van der Waals surface area contributed by atoms with Crippen LogP contribution in [0.25, 0.3) is 0 Å². The molecule has 0 aliphatic carbocycles. The Kier molecular flexibility index (Phi) is 4.35. The third-order valence-electron chi connectivity index (χ3n) is 5.37. The fraction of sp³-hybridized carbons (Fsp3) is 0.765. The molecular formula is C17H26N4O2. The van der Waals surface area contributed by atoms with Gasteiger partial charge >= 0.3 is 0 Å². The first-order valence-electron chi connectivity index (χ1n) is 8.88. The van der Waals surface area contributed by atoms with Crippen molar-refractivity contribution in [2.45, 2.75) is 32.4 Å². The smallest absolute Gasteiger partial charge is 0.228 e. The molecule has 1 aromatic heterocycles. The second kappa shape index (κ2) is 6.61. The Morgan fingerprint density at radius 1 is 1.30 bits per heavy atom. The highest BCUT2D eigenvalue weighted by molar-refractivity contribution is 5.79. The van der Waals surface area contributed by atoms with Crippen LogP contribution in [0.2, 0.25) is 0 Å². The lowest BCUT2D eigenvalue weighted by molar-refractivity contribution is -0.136. The molecule has 4 rings (SSSR count). The summed E-state index contributed by atoms with van der Waals surface area (Å²) in [5, 5.41) is 0. The minimum atomic E-state index is 0.0453. The Hall–Kier alpha value is -1.40. The second-order valence-corrected chi connectivity index (χ2v) is 7.15. The highest BCUT2D eigenvalue weighted by Crippen LogP contribution is 2.22. The van der Waals surface area contributed by atoms with Crippen LogP contribution in [0.5, 0.6) is 0 Å². The Labute approximate surface area is 137 Å². The molecule has 126 valence electrons. The van der Waals surface area contributed by atoms with Crippen molar-refractivity contribution < 1.29 is 9.53 Å². The monoisotopic (exact) mass is 318 g/mol. The zero-order valence-electron chi connectivity index (χ0n) is 13.7. The first-order valence-corrected chi connectivity index (χ1v) is 8.88. The Bertz CT molecular complexity index is 547. The molecule has 2 fully saturated rings. The summed E-state index contributed by atoms with van der Waals surface area (Å²) in [7, 11) is 0. The molecule has 2 atom stereocenters. The van der Waals surface area contributed by atoms with Gasteiger partial charge < -0.3 is 19.1 Å². The summed E-state index contributed by atoms with van der Waals surface area (Å²) in [5.41, 5.74) is 0. The maximum Gasteiger partial charge on any atom is 0.228 e. The van der Waals surface area contributed by atoms with Gasteiger partial charge in [-0.2, -0.15) is 0 Å². The van der Waals surface area contributed by atoms with E-state index in [1.54, 1.807) is 0 Å². The first kappa shape index (κ1) is 15.1. The molecule has 1 amide bonds. The van der Waals surface area contributed by atoms with E-state index in [9.17, 15) is 4.79 Å². The molecular weight excluding hydrogens is 292 g/mol. The third kappa shape index (κ3) is 3.28. The maximum absolute atomic E-state index is 12.9. The molecule has 0 spiro atoms. The van der Waals surface area contributed by atoms with Crippen LogP contribution in [0.1, 0.15) is 25.1 Å². The van der Waals surface area contributed by atoms with Gasteiger partial charge in [-0.15, -0.1) is 0 Å². The molecule has 3 aliphatic heterocycles. The Balaban J connectivity index is 1.50. The molecule has 3 aliphatic rings. The summed E-state index contributed by atoms with van der Waals surface area (Å²) in [6.45, 7) is 7.25. The van der Waals surface area contributed by atoms with Crippen LogP contribution in [0.15, 0.2) is 12.4 Å². The minimum absolute atomic E-state index is 0.0453. The summed E-state index contributed by atoms with van der Waals surface area (Å²) < 4.78 is 7.65. The van der Waals surface area contributed by atoms with Crippen LogP contribution in [-0.2, 0) is 22.6 Å². The van der Waals surface area contributed by atoms with Gasteiger partial charge in [0.2, 0.25) is 5.91 Å². The van der Waals surface area contributed by atoms with Gasteiger partial charge in [0, 0.05) is 44.6 Å². The Morgan fingerprint density at radius 3 is 2.96 bits per heavy atom. The van der Waals surface area contributed by atoms with Crippen LogP contribution in [-0.4, -0.2) is 64.7 Å². The normalized spacial score (nSPS) is 28.8. The number of nitrogens with zero attached hydrogens (tertiary/aromatic N) is 4. The molecule has 0 saturated carbocycles. The van der Waals surface area contributed by atoms with E-state index in [2.05, 4.69) is 20.6 Å². The van der Waals surface area contributed by atoms with Gasteiger partial charge in [-0.3, -0.25) is 4.79 Å². The predicted molar refractivity (Wildman–Crippen MR) is 85.7 cm³/mol. The van der Waals surface area contributed by atoms with Gasteiger partial charge in [0.25, 0.3) is 0 Å². The quantitative estimate of drug-likeness (QED) is 0.833. The van der Waals surface area contributed by atoms with E-state index in [0.29, 0.717) is 19.1 Å². The zero-order valence-corrected chi connectivity index (χ0v) is 13.7. The van der Waals surface area contributed by atoms with Crippen LogP contribution < -0.4 is 0 Å². The lowest BCUT2D eigenvalue weighted by Gasteiger charge is -2.28. The highest BCUT2D eigenvalue weighted by Gasteiger charge is 2.32. The summed E-state index contributed by atoms with van der Waals surface area (Å²) in [6.07, 6.45) is 7.39. The summed E-state index contributed by atoms with van der Waals surface area (Å²) in [4.78, 5) is 21.9. The number of ether oxygens (including phenoxy) is 1. The maximum atomic E-state index is 12.9. The van der Waals surface area contributed by atoms with Crippen LogP contribution in [0, 0.1) is 11.8 Å². The number of imidazole rings is 1. The van der Waals surface area contributed by atoms with Crippen molar-refractivity contribution >= 4 is 5.91 Å². The van der Waals surface area contributed by atoms with Crippen molar-refractivity contribution in [2.24, 2.45) is 11.8 Å². The summed E-state index contributed by atoms with van der Waals surface area (Å²) >= 11 is 0. The van der Waals surface area contributed by atoms with Crippen molar-refractivity contribution in [3.05, 3.63) is 18.2 Å². The molecule has 6 heteroatoms. The van der Waals surface area contributed by atoms with E-state index in [1.165, 1.54) is 25.9 Å². The molecule has 6 nitrogen and oxygen atoms in total. The number of amides is 1. The standard InChI is InChI=1S/C17H26N4O2/c22-17(15-3-8-23-13-15)21-11-14(9-19-5-1-2-6-19)10-20-7-4-18-16(20)12-21/h4,7,14-15H,1-3,5-6,8-13H2/t14-,15+/m1/s1. The van der Waals surface area contributed by atoms with Crippen LogP contribution >= 0.6 is 0 Å². The molecule has 2 saturated heterocycles. The van der Waals surface area contributed by atoms with E-state index in [-0.39, 0.29) is 11.8 Å². The predicted octanol–water partition coefficient (Wildman–Crippen LogP) is 0.974. The van der Waals surface area contributed by atoms with Crippen molar-refractivity contribution in [2.75, 3.05) is 39.4 Å².